The van der Waals surface area contributed by atoms with Gasteiger partial charge in [0.05, 0.1) is 0 Å². The zero-order valence-corrected chi connectivity index (χ0v) is 13.6. The van der Waals surface area contributed by atoms with E-state index in [4.69, 9.17) is 28.5 Å². The first kappa shape index (κ1) is 18.3. The zero-order valence-electron chi connectivity index (χ0n) is 4.73. The molecule has 0 aliphatic carbocycles. The summed E-state index contributed by atoms with van der Waals surface area (Å²) in [5, 5.41) is 0. The average molecular weight is 588 g/mol. The summed E-state index contributed by atoms with van der Waals surface area (Å²) in [7, 11) is 0. The topological polar surface area (TPSA) is 149 Å². The smallest absolute Gasteiger partial charge is 2.00 e. The first-order valence-corrected chi connectivity index (χ1v) is 10.1. The molecule has 0 heterocycles. The second kappa shape index (κ2) is 6.98. The predicted octanol–water partition coefficient (Wildman–Crippen LogP) is -3.48. The molecule has 0 saturated heterocycles. The quantitative estimate of drug-likeness (QED) is 0.265. The minimum absolute atomic E-state index is 0. The van der Waals surface area contributed by atoms with E-state index in [2.05, 4.69) is 0 Å². The molecular formula is O8Re2Sr. The second-order valence-corrected chi connectivity index (χ2v) is 6.19. The summed E-state index contributed by atoms with van der Waals surface area (Å²) in [4.78, 5) is 0. The van der Waals surface area contributed by atoms with E-state index in [1.165, 1.54) is 0 Å². The Bertz CT molecular complexity index is 296. The monoisotopic (exact) mass is 590 g/mol. The Morgan fingerprint density at radius 3 is 0.636 bits per heavy atom. The van der Waals surface area contributed by atoms with Gasteiger partial charge < -0.3 is 0 Å². The standard InChI is InChI=1S/8O.2Re.Sr/q;;;;;;2*-1;;;+2. The molecular weight excluding hydrogens is 588 g/mol. The van der Waals surface area contributed by atoms with Gasteiger partial charge in [0, 0.05) is 0 Å². The van der Waals surface area contributed by atoms with Crippen LogP contribution in [0.2, 0.25) is 0 Å². The summed E-state index contributed by atoms with van der Waals surface area (Å²) in [6.45, 7) is 0. The van der Waals surface area contributed by atoms with Crippen LogP contribution in [0.5, 0.6) is 0 Å². The molecule has 0 saturated carbocycles. The van der Waals surface area contributed by atoms with Crippen LogP contribution in [0.15, 0.2) is 0 Å². The van der Waals surface area contributed by atoms with Gasteiger partial charge in [-0.15, -0.1) is 0 Å². The van der Waals surface area contributed by atoms with Crippen LogP contribution in [0.4, 0.5) is 0 Å². The maximum atomic E-state index is 8.64. The molecule has 0 fully saturated rings. The number of rotatable bonds is 0. The van der Waals surface area contributed by atoms with Crippen molar-refractivity contribution in [1.29, 1.82) is 0 Å². The Labute approximate surface area is 104 Å². The molecule has 0 N–H and O–H groups in total. The van der Waals surface area contributed by atoms with Crippen molar-refractivity contribution in [2.75, 3.05) is 0 Å². The Kier molecular flexibility index (Phi) is 11.6. The summed E-state index contributed by atoms with van der Waals surface area (Å²) in [5.41, 5.74) is 0. The fraction of sp³-hybridized carbons (Fsp3) is 0. The van der Waals surface area contributed by atoms with Crippen molar-refractivity contribution >= 4 is 45.5 Å². The third-order valence-corrected chi connectivity index (χ3v) is 0. The zero-order chi connectivity index (χ0) is 9.00. The second-order valence-electron chi connectivity index (χ2n) is 0.756. The van der Waals surface area contributed by atoms with Crippen LogP contribution in [-0.4, -0.2) is 45.5 Å². The van der Waals surface area contributed by atoms with E-state index in [9.17, 15) is 0 Å². The van der Waals surface area contributed by atoms with Crippen molar-refractivity contribution in [3.8, 4) is 0 Å². The molecule has 0 amide bonds. The summed E-state index contributed by atoms with van der Waals surface area (Å²) in [6, 6.07) is 0. The van der Waals surface area contributed by atoms with Gasteiger partial charge in [0.25, 0.3) is 0 Å². The largest absolute Gasteiger partial charge is 2.00 e. The summed E-state index contributed by atoms with van der Waals surface area (Å²) >= 11 is -12.2. The van der Waals surface area contributed by atoms with E-state index in [1.807, 2.05) is 0 Å². The third kappa shape index (κ3) is 450. The molecule has 0 rings (SSSR count). The molecule has 0 aliphatic rings. The molecule has 0 unspecified atom stereocenters. The molecule has 0 aromatic carbocycles. The average Bonchev–Trinajstić information content (AvgIpc) is 1.12. The minimum Gasteiger partial charge on any atom is 2.00 e. The Hall–Kier alpha value is 1.53. The fourth-order valence-electron chi connectivity index (χ4n) is 0. The van der Waals surface area contributed by atoms with Crippen molar-refractivity contribution in [3.05, 3.63) is 0 Å². The van der Waals surface area contributed by atoms with Gasteiger partial charge in [0.1, 0.15) is 0 Å². The molecule has 0 aromatic rings. The first-order chi connectivity index (χ1) is 4.00. The van der Waals surface area contributed by atoms with Crippen LogP contribution in [0.25, 0.3) is 0 Å². The van der Waals surface area contributed by atoms with Crippen LogP contribution in [0, 0.1) is 0 Å². The van der Waals surface area contributed by atoms with E-state index >= 15 is 0 Å². The molecule has 0 aliphatic heterocycles. The van der Waals surface area contributed by atoms with Crippen LogP contribution in [-0.2, 0) is 52.4 Å². The van der Waals surface area contributed by atoms with Gasteiger partial charge in [0.15, 0.2) is 0 Å². The van der Waals surface area contributed by atoms with Crippen LogP contribution >= 0.6 is 0 Å². The van der Waals surface area contributed by atoms with E-state index in [0.29, 0.717) is 0 Å². The third-order valence-electron chi connectivity index (χ3n) is 0. The molecule has 0 aromatic heterocycles. The van der Waals surface area contributed by atoms with Crippen molar-refractivity contribution in [1.82, 2.24) is 0 Å². The normalized spacial score (nSPS) is 10.4. The van der Waals surface area contributed by atoms with Gasteiger partial charge in [-0.1, -0.05) is 0 Å². The van der Waals surface area contributed by atoms with Crippen molar-refractivity contribution in [3.63, 3.8) is 0 Å². The molecule has 0 atom stereocenters. The number of hydrogen-bond acceptors (Lipinski definition) is 8. The van der Waals surface area contributed by atoms with Gasteiger partial charge in [-0.2, -0.15) is 0 Å². The molecule has 8 nitrogen and oxygen atoms in total. The number of hydrogen-bond donors (Lipinski definition) is 0. The first-order valence-electron chi connectivity index (χ1n) is 1.23. The van der Waals surface area contributed by atoms with Crippen LogP contribution < -0.4 is 7.66 Å². The van der Waals surface area contributed by atoms with Gasteiger partial charge in [-0.05, 0) is 0 Å². The molecule has 64 valence electrons. The van der Waals surface area contributed by atoms with Crippen LogP contribution in [0.3, 0.4) is 0 Å². The molecule has 0 radical (unpaired) electrons. The molecule has 11 heavy (non-hydrogen) atoms. The molecule has 0 bridgehead atoms. The Balaban J connectivity index is -0.000000107. The van der Waals surface area contributed by atoms with Crippen molar-refractivity contribution in [2.24, 2.45) is 0 Å². The van der Waals surface area contributed by atoms with Gasteiger partial charge >= 0.3 is 106 Å². The SMILES string of the molecule is [O]=[Re](=[O])(=[O])[O-].[O]=[Re](=[O])(=[O])[O-].[Sr+2]. The summed E-state index contributed by atoms with van der Waals surface area (Å²) < 4.78 is 69.1. The minimum atomic E-state index is -6.11. The van der Waals surface area contributed by atoms with Crippen molar-refractivity contribution < 1.29 is 60.0 Å². The maximum Gasteiger partial charge on any atom is 2.00 e. The van der Waals surface area contributed by atoms with Crippen LogP contribution in [0.1, 0.15) is 0 Å². The summed E-state index contributed by atoms with van der Waals surface area (Å²) in [6.07, 6.45) is 0. The molecule has 0 spiro atoms. The van der Waals surface area contributed by atoms with Crippen molar-refractivity contribution in [2.45, 2.75) is 0 Å². The van der Waals surface area contributed by atoms with Gasteiger partial charge in [0.2, 0.25) is 0 Å². The summed E-state index contributed by atoms with van der Waals surface area (Å²) in [5.74, 6) is 0. The van der Waals surface area contributed by atoms with E-state index < -0.39 is 31.6 Å². The Morgan fingerprint density at radius 1 is 0.636 bits per heavy atom. The van der Waals surface area contributed by atoms with Gasteiger partial charge in [-0.3, -0.25) is 0 Å². The Morgan fingerprint density at radius 2 is 0.636 bits per heavy atom. The van der Waals surface area contributed by atoms with E-state index in [1.54, 1.807) is 0 Å². The predicted molar refractivity (Wildman–Crippen MR) is 9.87 cm³/mol. The van der Waals surface area contributed by atoms with E-state index in [-0.39, 0.29) is 45.5 Å². The molecule has 11 heteroatoms. The van der Waals surface area contributed by atoms with Gasteiger partial charge in [-0.25, -0.2) is 0 Å². The maximum absolute atomic E-state index is 8.64. The van der Waals surface area contributed by atoms with E-state index in [0.717, 1.165) is 0 Å². The fourth-order valence-corrected chi connectivity index (χ4v) is 0.